The van der Waals surface area contributed by atoms with Crippen LogP contribution in [0.1, 0.15) is 22.6 Å². The molecule has 0 saturated carbocycles. The summed E-state index contributed by atoms with van der Waals surface area (Å²) in [6.07, 6.45) is -4.25. The normalized spacial score (nSPS) is 14.1. The zero-order valence-electron chi connectivity index (χ0n) is 12.9. The molecule has 8 heteroatoms. The highest BCUT2D eigenvalue weighted by Crippen LogP contribution is 2.39. The van der Waals surface area contributed by atoms with Crippen LogP contribution in [0.15, 0.2) is 28.8 Å². The molecule has 1 aliphatic heterocycles. The van der Waals surface area contributed by atoms with E-state index in [2.05, 4.69) is 5.16 Å². The molecular weight excluding hydrogens is 325 g/mol. The van der Waals surface area contributed by atoms with Gasteiger partial charge in [0.1, 0.15) is 18.1 Å². The van der Waals surface area contributed by atoms with Crippen molar-refractivity contribution in [2.75, 3.05) is 18.1 Å². The molecule has 24 heavy (non-hydrogen) atoms. The Morgan fingerprint density at radius 1 is 1.42 bits per heavy atom. The molecule has 1 amide bonds. The van der Waals surface area contributed by atoms with Gasteiger partial charge >= 0.3 is 6.18 Å². The van der Waals surface area contributed by atoms with E-state index in [4.69, 9.17) is 9.26 Å². The molecule has 0 bridgehead atoms. The average molecular weight is 340 g/mol. The summed E-state index contributed by atoms with van der Waals surface area (Å²) in [5.41, 5.74) is 0.331. The van der Waals surface area contributed by atoms with Crippen molar-refractivity contribution in [3.8, 4) is 0 Å². The molecule has 2 heterocycles. The van der Waals surface area contributed by atoms with Crippen molar-refractivity contribution in [1.29, 1.82) is 0 Å². The van der Waals surface area contributed by atoms with E-state index in [1.807, 2.05) is 0 Å². The minimum absolute atomic E-state index is 0.104. The van der Waals surface area contributed by atoms with Crippen LogP contribution in [0.2, 0.25) is 0 Å². The minimum Gasteiger partial charge on any atom is -0.365 e. The fourth-order valence-corrected chi connectivity index (χ4v) is 2.77. The summed E-state index contributed by atoms with van der Waals surface area (Å²) in [5, 5.41) is 3.73. The van der Waals surface area contributed by atoms with Gasteiger partial charge in [-0.15, -0.1) is 0 Å². The van der Waals surface area contributed by atoms with Gasteiger partial charge in [-0.05, 0) is 31.0 Å². The van der Waals surface area contributed by atoms with Crippen molar-refractivity contribution in [3.63, 3.8) is 0 Å². The lowest BCUT2D eigenvalue weighted by Crippen LogP contribution is -2.32. The molecule has 0 fully saturated rings. The third kappa shape index (κ3) is 3.28. The van der Waals surface area contributed by atoms with Crippen LogP contribution in [0.25, 0.3) is 0 Å². The highest BCUT2D eigenvalue weighted by atomic mass is 19.4. The van der Waals surface area contributed by atoms with Crippen molar-refractivity contribution in [2.45, 2.75) is 26.1 Å². The number of benzene rings is 1. The Hall–Kier alpha value is -2.35. The fourth-order valence-electron chi connectivity index (χ4n) is 2.77. The number of hydrogen-bond donors (Lipinski definition) is 0. The Kier molecular flexibility index (Phi) is 4.31. The van der Waals surface area contributed by atoms with E-state index in [1.165, 1.54) is 17.0 Å². The van der Waals surface area contributed by atoms with E-state index in [1.54, 1.807) is 13.0 Å². The maximum absolute atomic E-state index is 13.0. The highest BCUT2D eigenvalue weighted by Gasteiger charge is 2.37. The van der Waals surface area contributed by atoms with Crippen LogP contribution < -0.4 is 4.90 Å². The first-order chi connectivity index (χ1) is 11.4. The molecule has 0 aliphatic carbocycles. The van der Waals surface area contributed by atoms with Crippen LogP contribution in [0.4, 0.5) is 18.9 Å². The topological polar surface area (TPSA) is 55.6 Å². The first-order valence-corrected chi connectivity index (χ1v) is 7.35. The van der Waals surface area contributed by atoms with Crippen molar-refractivity contribution < 1.29 is 27.2 Å². The average Bonchev–Trinajstić information content (AvgIpc) is 3.12. The maximum Gasteiger partial charge on any atom is 0.416 e. The summed E-state index contributed by atoms with van der Waals surface area (Å²) in [7, 11) is 0. The van der Waals surface area contributed by atoms with Crippen LogP contribution in [0.5, 0.6) is 0 Å². The number of fused-ring (bicyclic) bond motifs is 1. The summed E-state index contributed by atoms with van der Waals surface area (Å²) in [4.78, 5) is 13.6. The number of carbonyl (C=O) groups is 1. The lowest BCUT2D eigenvalue weighted by molar-refractivity contribution is -0.138. The van der Waals surface area contributed by atoms with Gasteiger partial charge in [0.25, 0.3) is 5.91 Å². The Morgan fingerprint density at radius 2 is 2.21 bits per heavy atom. The van der Waals surface area contributed by atoms with Crippen LogP contribution >= 0.6 is 0 Å². The van der Waals surface area contributed by atoms with Crippen LogP contribution in [-0.4, -0.2) is 24.2 Å². The standard InChI is InChI=1S/C16H15F3N2O3/c1-10-7-11(20-24-10)8-23-9-15(22)21-6-5-12-13(16(17,18)19)3-2-4-14(12)21/h2-4,7H,5-6,8-9H2,1H3. The van der Waals surface area contributed by atoms with Crippen molar-refractivity contribution >= 4 is 11.6 Å². The van der Waals surface area contributed by atoms with Crippen molar-refractivity contribution in [2.24, 2.45) is 0 Å². The molecule has 0 atom stereocenters. The van der Waals surface area contributed by atoms with E-state index in [0.717, 1.165) is 6.07 Å². The Morgan fingerprint density at radius 3 is 2.88 bits per heavy atom. The lowest BCUT2D eigenvalue weighted by atomic mass is 10.0. The van der Waals surface area contributed by atoms with E-state index >= 15 is 0 Å². The third-order valence-corrected chi connectivity index (χ3v) is 3.79. The number of ether oxygens (including phenoxy) is 1. The number of amides is 1. The molecule has 0 unspecified atom stereocenters. The molecule has 0 saturated heterocycles. The molecule has 0 spiro atoms. The van der Waals surface area contributed by atoms with Gasteiger partial charge in [-0.3, -0.25) is 4.79 Å². The van der Waals surface area contributed by atoms with Gasteiger partial charge in [0.05, 0.1) is 12.2 Å². The number of aromatic nitrogens is 1. The predicted molar refractivity (Wildman–Crippen MR) is 78.4 cm³/mol. The first kappa shape index (κ1) is 16.5. The number of anilines is 1. The second kappa shape index (κ2) is 6.27. The summed E-state index contributed by atoms with van der Waals surface area (Å²) >= 11 is 0. The number of carbonyl (C=O) groups excluding carboxylic acids is 1. The monoisotopic (exact) mass is 340 g/mol. The Balaban J connectivity index is 1.66. The maximum atomic E-state index is 13.0. The molecule has 1 aromatic heterocycles. The van der Waals surface area contributed by atoms with Gasteiger partial charge in [0.15, 0.2) is 0 Å². The van der Waals surface area contributed by atoms with Gasteiger partial charge in [-0.2, -0.15) is 13.2 Å². The summed E-state index contributed by atoms with van der Waals surface area (Å²) in [6, 6.07) is 5.56. The molecule has 5 nitrogen and oxygen atoms in total. The van der Waals surface area contributed by atoms with E-state index in [0.29, 0.717) is 17.1 Å². The third-order valence-electron chi connectivity index (χ3n) is 3.79. The number of nitrogens with zero attached hydrogens (tertiary/aromatic N) is 2. The van der Waals surface area contributed by atoms with Crippen LogP contribution in [0.3, 0.4) is 0 Å². The summed E-state index contributed by atoms with van der Waals surface area (Å²) in [5.74, 6) is 0.251. The first-order valence-electron chi connectivity index (χ1n) is 7.35. The van der Waals surface area contributed by atoms with Crippen LogP contribution in [0, 0.1) is 6.92 Å². The second-order valence-corrected chi connectivity index (χ2v) is 5.52. The van der Waals surface area contributed by atoms with Crippen molar-refractivity contribution in [3.05, 3.63) is 46.8 Å². The largest absolute Gasteiger partial charge is 0.416 e. The predicted octanol–water partition coefficient (Wildman–Crippen LogP) is 3.11. The molecule has 2 aromatic rings. The van der Waals surface area contributed by atoms with E-state index < -0.39 is 11.7 Å². The zero-order valence-corrected chi connectivity index (χ0v) is 12.9. The molecule has 1 aromatic carbocycles. The molecular formula is C16H15F3N2O3. The van der Waals surface area contributed by atoms with E-state index in [-0.39, 0.29) is 37.6 Å². The summed E-state index contributed by atoms with van der Waals surface area (Å²) < 4.78 is 49.2. The smallest absolute Gasteiger partial charge is 0.365 e. The number of hydrogen-bond acceptors (Lipinski definition) is 4. The SMILES string of the molecule is Cc1cc(COCC(=O)N2CCc3c2cccc3C(F)(F)F)no1. The Labute approximate surface area is 136 Å². The number of rotatable bonds is 4. The van der Waals surface area contributed by atoms with Gasteiger partial charge in [0.2, 0.25) is 0 Å². The lowest BCUT2D eigenvalue weighted by Gasteiger charge is -2.18. The van der Waals surface area contributed by atoms with Gasteiger partial charge in [-0.1, -0.05) is 11.2 Å². The second-order valence-electron chi connectivity index (χ2n) is 5.52. The van der Waals surface area contributed by atoms with Crippen molar-refractivity contribution in [1.82, 2.24) is 5.16 Å². The van der Waals surface area contributed by atoms with Gasteiger partial charge in [0, 0.05) is 18.3 Å². The number of alkyl halides is 3. The van der Waals surface area contributed by atoms with Gasteiger partial charge < -0.3 is 14.2 Å². The summed E-state index contributed by atoms with van der Waals surface area (Å²) in [6.45, 7) is 1.82. The molecule has 0 N–H and O–H groups in total. The molecule has 3 rings (SSSR count). The quantitative estimate of drug-likeness (QED) is 0.858. The highest BCUT2D eigenvalue weighted by molar-refractivity contribution is 5.96. The minimum atomic E-state index is -4.42. The molecule has 0 radical (unpaired) electrons. The number of halogens is 3. The molecule has 1 aliphatic rings. The van der Waals surface area contributed by atoms with E-state index in [9.17, 15) is 18.0 Å². The fraction of sp³-hybridized carbons (Fsp3) is 0.375. The zero-order chi connectivity index (χ0) is 17.3. The molecule has 128 valence electrons. The van der Waals surface area contributed by atoms with Gasteiger partial charge in [-0.25, -0.2) is 0 Å². The number of aryl methyl sites for hydroxylation is 1. The Bertz CT molecular complexity index is 755. The van der Waals surface area contributed by atoms with Crippen LogP contribution in [-0.2, 0) is 28.7 Å².